The molecular formula is C12H17F3N2O. The lowest BCUT2D eigenvalue weighted by Crippen LogP contribution is -2.33. The van der Waals surface area contributed by atoms with Crippen LogP contribution in [-0.4, -0.2) is 23.7 Å². The first-order valence-corrected chi connectivity index (χ1v) is 5.66. The zero-order chi connectivity index (χ0) is 13.8. The van der Waals surface area contributed by atoms with Crippen molar-refractivity contribution in [1.82, 2.24) is 4.98 Å². The third kappa shape index (κ3) is 4.52. The van der Waals surface area contributed by atoms with E-state index in [0.717, 1.165) is 12.3 Å². The van der Waals surface area contributed by atoms with Crippen molar-refractivity contribution in [3.05, 3.63) is 23.9 Å². The number of nitrogens with zero attached hydrogens (tertiary/aromatic N) is 1. The van der Waals surface area contributed by atoms with E-state index in [1.54, 1.807) is 0 Å². The van der Waals surface area contributed by atoms with Crippen LogP contribution in [0.5, 0.6) is 0 Å². The van der Waals surface area contributed by atoms with Crippen molar-refractivity contribution in [3.8, 4) is 0 Å². The van der Waals surface area contributed by atoms with Crippen LogP contribution in [-0.2, 0) is 10.9 Å². The molecule has 0 aliphatic heterocycles. The fourth-order valence-corrected chi connectivity index (χ4v) is 1.41. The SMILES string of the molecule is CCOC(C)(C)CNc1ccc(C(F)(F)F)cn1. The van der Waals surface area contributed by atoms with Crippen molar-refractivity contribution < 1.29 is 17.9 Å². The molecule has 0 atom stereocenters. The lowest BCUT2D eigenvalue weighted by molar-refractivity contribution is -0.137. The summed E-state index contributed by atoms with van der Waals surface area (Å²) in [6.45, 7) is 6.73. The highest BCUT2D eigenvalue weighted by Crippen LogP contribution is 2.28. The van der Waals surface area contributed by atoms with Crippen molar-refractivity contribution in [3.63, 3.8) is 0 Å². The Morgan fingerprint density at radius 1 is 1.28 bits per heavy atom. The van der Waals surface area contributed by atoms with Gasteiger partial charge in [-0.15, -0.1) is 0 Å². The van der Waals surface area contributed by atoms with Crippen LogP contribution in [0.25, 0.3) is 0 Å². The second-order valence-corrected chi connectivity index (χ2v) is 4.48. The first-order chi connectivity index (χ1) is 8.24. The third-order valence-electron chi connectivity index (χ3n) is 2.32. The molecule has 1 aromatic rings. The number of aromatic nitrogens is 1. The number of pyridine rings is 1. The summed E-state index contributed by atoms with van der Waals surface area (Å²) in [5.74, 6) is 0.399. The van der Waals surface area contributed by atoms with E-state index in [0.29, 0.717) is 19.0 Å². The highest BCUT2D eigenvalue weighted by molar-refractivity contribution is 5.36. The number of anilines is 1. The van der Waals surface area contributed by atoms with Gasteiger partial charge in [0.2, 0.25) is 0 Å². The van der Waals surface area contributed by atoms with Crippen molar-refractivity contribution in [2.45, 2.75) is 32.5 Å². The Morgan fingerprint density at radius 2 is 1.94 bits per heavy atom. The average molecular weight is 262 g/mol. The molecule has 0 fully saturated rings. The van der Waals surface area contributed by atoms with Crippen molar-refractivity contribution in [1.29, 1.82) is 0 Å². The van der Waals surface area contributed by atoms with Crippen LogP contribution >= 0.6 is 0 Å². The molecule has 0 aliphatic carbocycles. The van der Waals surface area contributed by atoms with E-state index in [1.165, 1.54) is 6.07 Å². The van der Waals surface area contributed by atoms with E-state index in [1.807, 2.05) is 20.8 Å². The van der Waals surface area contributed by atoms with E-state index in [-0.39, 0.29) is 5.60 Å². The molecule has 102 valence electrons. The molecule has 18 heavy (non-hydrogen) atoms. The molecule has 0 bridgehead atoms. The second kappa shape index (κ2) is 5.56. The molecule has 1 aromatic heterocycles. The van der Waals surface area contributed by atoms with Gasteiger partial charge in [-0.05, 0) is 32.9 Å². The first-order valence-electron chi connectivity index (χ1n) is 5.66. The Hall–Kier alpha value is -1.30. The minimum atomic E-state index is -4.35. The van der Waals surface area contributed by atoms with Gasteiger partial charge in [-0.3, -0.25) is 0 Å². The number of halogens is 3. The molecule has 3 nitrogen and oxygen atoms in total. The summed E-state index contributed by atoms with van der Waals surface area (Å²) in [5, 5.41) is 2.94. The van der Waals surface area contributed by atoms with Crippen molar-refractivity contribution >= 4 is 5.82 Å². The lowest BCUT2D eigenvalue weighted by Gasteiger charge is -2.25. The molecule has 1 heterocycles. The Bertz CT molecular complexity index is 374. The van der Waals surface area contributed by atoms with Crippen LogP contribution in [0.15, 0.2) is 18.3 Å². The van der Waals surface area contributed by atoms with Crippen LogP contribution in [0.4, 0.5) is 19.0 Å². The smallest absolute Gasteiger partial charge is 0.374 e. The summed E-state index contributed by atoms with van der Waals surface area (Å²) in [6, 6.07) is 2.31. The highest BCUT2D eigenvalue weighted by atomic mass is 19.4. The predicted octanol–water partition coefficient (Wildman–Crippen LogP) is 3.33. The fourth-order valence-electron chi connectivity index (χ4n) is 1.41. The Morgan fingerprint density at radius 3 is 2.39 bits per heavy atom. The van der Waals surface area contributed by atoms with Crippen LogP contribution in [0.3, 0.4) is 0 Å². The molecule has 0 radical (unpaired) electrons. The molecule has 6 heteroatoms. The van der Waals surface area contributed by atoms with Gasteiger partial charge in [-0.2, -0.15) is 13.2 Å². The van der Waals surface area contributed by atoms with Crippen molar-refractivity contribution in [2.24, 2.45) is 0 Å². The minimum Gasteiger partial charge on any atom is -0.374 e. The third-order valence-corrected chi connectivity index (χ3v) is 2.32. The van der Waals surface area contributed by atoms with Gasteiger partial charge in [-0.1, -0.05) is 0 Å². The Labute approximate surface area is 104 Å². The minimum absolute atomic E-state index is 0.390. The van der Waals surface area contributed by atoms with Gasteiger partial charge in [0.15, 0.2) is 0 Å². The lowest BCUT2D eigenvalue weighted by atomic mass is 10.1. The zero-order valence-corrected chi connectivity index (χ0v) is 10.6. The van der Waals surface area contributed by atoms with E-state index in [4.69, 9.17) is 4.74 Å². The summed E-state index contributed by atoms with van der Waals surface area (Å²) in [5.41, 5.74) is -1.14. The quantitative estimate of drug-likeness (QED) is 0.883. The molecule has 0 unspecified atom stereocenters. The molecule has 0 aliphatic rings. The van der Waals surface area contributed by atoms with Gasteiger partial charge in [0, 0.05) is 19.3 Å². The van der Waals surface area contributed by atoms with Crippen LogP contribution in [0.1, 0.15) is 26.3 Å². The van der Waals surface area contributed by atoms with Gasteiger partial charge >= 0.3 is 6.18 Å². The first kappa shape index (κ1) is 14.8. The summed E-state index contributed by atoms with van der Waals surface area (Å²) in [7, 11) is 0. The predicted molar refractivity (Wildman–Crippen MR) is 63.4 cm³/mol. The molecule has 0 spiro atoms. The normalized spacial score (nSPS) is 12.6. The van der Waals surface area contributed by atoms with E-state index in [9.17, 15) is 13.2 Å². The van der Waals surface area contributed by atoms with Crippen LogP contribution < -0.4 is 5.32 Å². The molecule has 0 aromatic carbocycles. The maximum atomic E-state index is 12.3. The number of hydrogen-bond acceptors (Lipinski definition) is 3. The van der Waals surface area contributed by atoms with Crippen LogP contribution in [0, 0.1) is 0 Å². The van der Waals surface area contributed by atoms with Gasteiger partial charge in [0.1, 0.15) is 5.82 Å². The summed E-state index contributed by atoms with van der Waals surface area (Å²) < 4.78 is 42.4. The maximum absolute atomic E-state index is 12.3. The van der Waals surface area contributed by atoms with Crippen LogP contribution in [0.2, 0.25) is 0 Å². The van der Waals surface area contributed by atoms with Gasteiger partial charge in [0.05, 0.1) is 11.2 Å². The van der Waals surface area contributed by atoms with E-state index < -0.39 is 11.7 Å². The Balaban J connectivity index is 2.60. The molecular weight excluding hydrogens is 245 g/mol. The summed E-state index contributed by atoms with van der Waals surface area (Å²) in [4.78, 5) is 3.72. The van der Waals surface area contributed by atoms with Gasteiger partial charge in [-0.25, -0.2) is 4.98 Å². The Kier molecular flexibility index (Phi) is 4.56. The molecule has 1 rings (SSSR count). The molecule has 0 saturated heterocycles. The molecule has 0 saturated carbocycles. The molecule has 1 N–H and O–H groups in total. The number of nitrogens with one attached hydrogen (secondary N) is 1. The average Bonchev–Trinajstić information content (AvgIpc) is 2.26. The van der Waals surface area contributed by atoms with E-state index in [2.05, 4.69) is 10.3 Å². The fraction of sp³-hybridized carbons (Fsp3) is 0.583. The number of alkyl halides is 3. The standard InChI is InChI=1S/C12H17F3N2O/c1-4-18-11(2,3)8-17-10-6-5-9(7-16-10)12(13,14)15/h5-7H,4,8H2,1-3H3,(H,16,17). The zero-order valence-electron chi connectivity index (χ0n) is 10.6. The number of ether oxygens (including phenoxy) is 1. The summed E-state index contributed by atoms with van der Waals surface area (Å²) in [6.07, 6.45) is -3.54. The second-order valence-electron chi connectivity index (χ2n) is 4.48. The number of rotatable bonds is 5. The van der Waals surface area contributed by atoms with Crippen molar-refractivity contribution in [2.75, 3.05) is 18.5 Å². The topological polar surface area (TPSA) is 34.1 Å². The largest absolute Gasteiger partial charge is 0.417 e. The summed E-state index contributed by atoms with van der Waals surface area (Å²) >= 11 is 0. The highest BCUT2D eigenvalue weighted by Gasteiger charge is 2.30. The van der Waals surface area contributed by atoms with E-state index >= 15 is 0 Å². The maximum Gasteiger partial charge on any atom is 0.417 e. The van der Waals surface area contributed by atoms with Gasteiger partial charge in [0.25, 0.3) is 0 Å². The number of hydrogen-bond donors (Lipinski definition) is 1. The monoisotopic (exact) mass is 262 g/mol. The van der Waals surface area contributed by atoms with Gasteiger partial charge < -0.3 is 10.1 Å². The molecule has 0 amide bonds.